The molecule has 8 heteroatoms. The molecule has 0 saturated carbocycles. The van der Waals surface area contributed by atoms with E-state index in [0.29, 0.717) is 43.4 Å². The van der Waals surface area contributed by atoms with E-state index in [-0.39, 0.29) is 18.0 Å². The highest BCUT2D eigenvalue weighted by atomic mass is 16.5. The number of nitrogens with two attached hydrogens (primary N) is 1. The van der Waals surface area contributed by atoms with Crippen LogP contribution in [0, 0.1) is 12.3 Å². The van der Waals surface area contributed by atoms with E-state index in [1.165, 1.54) is 5.56 Å². The number of pyridine rings is 1. The zero-order valence-corrected chi connectivity index (χ0v) is 19.4. The number of carbonyl (C=O) groups is 1. The predicted octanol–water partition coefficient (Wildman–Crippen LogP) is 3.20. The van der Waals surface area contributed by atoms with Gasteiger partial charge in [-0.1, -0.05) is 36.4 Å². The van der Waals surface area contributed by atoms with Gasteiger partial charge in [0.15, 0.2) is 0 Å². The van der Waals surface area contributed by atoms with Crippen molar-refractivity contribution in [3.05, 3.63) is 89.2 Å². The maximum absolute atomic E-state index is 12.8. The SMILES string of the molecule is Cc1ccc(C(=O)Nc2ccc3c(c2)C2(COC(N)=N2)C2(COC2)C(Cc2ccccc2)O3)nc1. The fourth-order valence-corrected chi connectivity index (χ4v) is 5.27. The molecule has 3 aliphatic heterocycles. The lowest BCUT2D eigenvalue weighted by molar-refractivity contribution is -0.215. The van der Waals surface area contributed by atoms with Crippen molar-refractivity contribution in [2.75, 3.05) is 25.1 Å². The summed E-state index contributed by atoms with van der Waals surface area (Å²) in [5.41, 5.74) is 8.82. The second kappa shape index (κ2) is 8.09. The number of hydrogen-bond acceptors (Lipinski definition) is 7. The van der Waals surface area contributed by atoms with E-state index in [2.05, 4.69) is 22.4 Å². The lowest BCUT2D eigenvalue weighted by atomic mass is 9.59. The fourth-order valence-electron chi connectivity index (χ4n) is 5.27. The fraction of sp³-hybridized carbons (Fsp3) is 0.296. The molecule has 0 bridgehead atoms. The Morgan fingerprint density at radius 1 is 1.11 bits per heavy atom. The molecule has 1 fully saturated rings. The van der Waals surface area contributed by atoms with Gasteiger partial charge in [0.1, 0.15) is 29.7 Å². The third-order valence-electron chi connectivity index (χ3n) is 7.25. The van der Waals surface area contributed by atoms with Crippen LogP contribution in [0.1, 0.15) is 27.2 Å². The monoisotopic (exact) mass is 470 g/mol. The molecule has 8 nitrogen and oxygen atoms in total. The van der Waals surface area contributed by atoms with Gasteiger partial charge in [-0.2, -0.15) is 0 Å². The van der Waals surface area contributed by atoms with E-state index in [1.54, 1.807) is 12.3 Å². The van der Waals surface area contributed by atoms with Gasteiger partial charge in [0, 0.05) is 23.9 Å². The first-order valence-electron chi connectivity index (χ1n) is 11.6. The number of benzene rings is 2. The highest BCUT2D eigenvalue weighted by Gasteiger charge is 2.67. The van der Waals surface area contributed by atoms with Gasteiger partial charge in [-0.15, -0.1) is 0 Å². The molecular formula is C27H26N4O4. The van der Waals surface area contributed by atoms with Crippen LogP contribution in [0.4, 0.5) is 5.69 Å². The molecule has 1 amide bonds. The molecule has 4 heterocycles. The van der Waals surface area contributed by atoms with Crippen molar-refractivity contribution in [3.8, 4) is 5.75 Å². The van der Waals surface area contributed by atoms with Crippen molar-refractivity contribution >= 4 is 17.6 Å². The molecule has 35 heavy (non-hydrogen) atoms. The average Bonchev–Trinajstić information content (AvgIpc) is 3.22. The van der Waals surface area contributed by atoms with Crippen LogP contribution < -0.4 is 15.8 Å². The van der Waals surface area contributed by atoms with Crippen LogP contribution in [-0.2, 0) is 21.4 Å². The van der Waals surface area contributed by atoms with E-state index in [4.69, 9.17) is 24.9 Å². The number of fused-ring (bicyclic) bond motifs is 3. The third kappa shape index (κ3) is 3.44. The van der Waals surface area contributed by atoms with Crippen molar-refractivity contribution in [3.63, 3.8) is 0 Å². The van der Waals surface area contributed by atoms with Crippen LogP contribution in [0.15, 0.2) is 71.9 Å². The first-order valence-corrected chi connectivity index (χ1v) is 11.6. The van der Waals surface area contributed by atoms with Crippen LogP contribution >= 0.6 is 0 Å². The second-order valence-electron chi connectivity index (χ2n) is 9.43. The standard InChI is InChI=1S/C27H26N4O4/c1-17-7-9-21(29-13-17)24(32)30-19-8-10-22-20(12-19)27(16-34-25(28)31-27)26(14-33-15-26)23(35-22)11-18-5-3-2-4-6-18/h2-10,12-13,23H,11,14-16H2,1H3,(H2,28,31)(H,30,32). The molecule has 2 atom stereocenters. The van der Waals surface area contributed by atoms with Gasteiger partial charge in [-0.25, -0.2) is 4.99 Å². The molecule has 6 rings (SSSR count). The minimum Gasteiger partial charge on any atom is -0.489 e. The Kier molecular flexibility index (Phi) is 5.00. The average molecular weight is 471 g/mol. The Bertz CT molecular complexity index is 1300. The van der Waals surface area contributed by atoms with Gasteiger partial charge in [0.25, 0.3) is 11.9 Å². The summed E-state index contributed by atoms with van der Waals surface area (Å²) in [6.45, 7) is 3.18. The molecule has 0 aliphatic carbocycles. The van der Waals surface area contributed by atoms with E-state index in [1.807, 2.05) is 49.4 Å². The molecule has 2 unspecified atom stereocenters. The largest absolute Gasteiger partial charge is 0.489 e. The van der Waals surface area contributed by atoms with E-state index in [9.17, 15) is 4.79 Å². The summed E-state index contributed by atoms with van der Waals surface area (Å²) in [7, 11) is 0. The van der Waals surface area contributed by atoms with Gasteiger partial charge < -0.3 is 25.3 Å². The van der Waals surface area contributed by atoms with Crippen LogP contribution in [0.5, 0.6) is 5.75 Å². The first kappa shape index (κ1) is 21.6. The maximum atomic E-state index is 12.8. The molecule has 2 spiro atoms. The summed E-state index contributed by atoms with van der Waals surface area (Å²) in [5, 5.41) is 2.95. The van der Waals surface area contributed by atoms with Crippen molar-refractivity contribution < 1.29 is 19.0 Å². The number of nitrogens with zero attached hydrogens (tertiary/aromatic N) is 2. The van der Waals surface area contributed by atoms with E-state index >= 15 is 0 Å². The number of amides is 1. The van der Waals surface area contributed by atoms with Crippen molar-refractivity contribution in [2.24, 2.45) is 16.1 Å². The summed E-state index contributed by atoms with van der Waals surface area (Å²) < 4.78 is 18.1. The van der Waals surface area contributed by atoms with Crippen molar-refractivity contribution in [2.45, 2.75) is 25.0 Å². The summed E-state index contributed by atoms with van der Waals surface area (Å²) in [4.78, 5) is 21.9. The molecular weight excluding hydrogens is 444 g/mol. The Hall–Kier alpha value is -3.91. The number of carbonyl (C=O) groups excluding carboxylic acids is 1. The lowest BCUT2D eigenvalue weighted by Gasteiger charge is -2.57. The summed E-state index contributed by atoms with van der Waals surface area (Å²) in [5.74, 6) is 0.419. The van der Waals surface area contributed by atoms with Crippen LogP contribution in [0.3, 0.4) is 0 Å². The molecule has 3 aromatic rings. The number of nitrogens with one attached hydrogen (secondary N) is 1. The Balaban J connectivity index is 1.39. The number of rotatable bonds is 4. The van der Waals surface area contributed by atoms with Crippen LogP contribution in [0.25, 0.3) is 0 Å². The number of ether oxygens (including phenoxy) is 3. The predicted molar refractivity (Wildman–Crippen MR) is 130 cm³/mol. The van der Waals surface area contributed by atoms with Gasteiger partial charge in [-0.05, 0) is 42.3 Å². The minimum absolute atomic E-state index is 0.154. The normalized spacial score (nSPS) is 23.6. The molecule has 3 aliphatic rings. The Labute approximate surface area is 203 Å². The first-order chi connectivity index (χ1) is 17.0. The Morgan fingerprint density at radius 3 is 2.60 bits per heavy atom. The molecule has 1 aromatic heterocycles. The number of aromatic nitrogens is 1. The van der Waals surface area contributed by atoms with Crippen molar-refractivity contribution in [1.29, 1.82) is 0 Å². The summed E-state index contributed by atoms with van der Waals surface area (Å²) in [6, 6.07) is 19.6. The van der Waals surface area contributed by atoms with E-state index < -0.39 is 11.0 Å². The van der Waals surface area contributed by atoms with Gasteiger partial charge in [0.05, 0.1) is 18.6 Å². The highest BCUT2D eigenvalue weighted by molar-refractivity contribution is 6.03. The van der Waals surface area contributed by atoms with Crippen LogP contribution in [-0.4, -0.2) is 42.8 Å². The number of aryl methyl sites for hydroxylation is 1. The van der Waals surface area contributed by atoms with Crippen LogP contribution in [0.2, 0.25) is 0 Å². The number of anilines is 1. The van der Waals surface area contributed by atoms with Crippen molar-refractivity contribution in [1.82, 2.24) is 4.98 Å². The molecule has 0 radical (unpaired) electrons. The molecule has 3 N–H and O–H groups in total. The number of amidine groups is 1. The highest BCUT2D eigenvalue weighted by Crippen LogP contribution is 2.59. The number of aliphatic imine (C=N–C) groups is 1. The second-order valence-corrected chi connectivity index (χ2v) is 9.43. The zero-order valence-electron chi connectivity index (χ0n) is 19.4. The van der Waals surface area contributed by atoms with E-state index in [0.717, 1.165) is 11.1 Å². The van der Waals surface area contributed by atoms with Gasteiger partial charge in [-0.3, -0.25) is 9.78 Å². The maximum Gasteiger partial charge on any atom is 0.283 e. The molecule has 178 valence electrons. The quantitative estimate of drug-likeness (QED) is 0.606. The lowest BCUT2D eigenvalue weighted by Crippen LogP contribution is -2.68. The zero-order chi connectivity index (χ0) is 24.0. The summed E-state index contributed by atoms with van der Waals surface area (Å²) >= 11 is 0. The van der Waals surface area contributed by atoms with Gasteiger partial charge >= 0.3 is 0 Å². The smallest absolute Gasteiger partial charge is 0.283 e. The molecule has 2 aromatic carbocycles. The topological polar surface area (TPSA) is 108 Å². The Morgan fingerprint density at radius 2 is 1.94 bits per heavy atom. The number of hydrogen-bond donors (Lipinski definition) is 2. The summed E-state index contributed by atoms with van der Waals surface area (Å²) in [6.07, 6.45) is 2.20. The molecule has 1 saturated heterocycles. The third-order valence-corrected chi connectivity index (χ3v) is 7.25. The minimum atomic E-state index is -0.773. The van der Waals surface area contributed by atoms with Gasteiger partial charge in [0.2, 0.25) is 0 Å².